The molecule has 1 aliphatic rings. The molecule has 5 heteroatoms. The minimum atomic E-state index is -0.972. The average Bonchev–Trinajstić information content (AvgIpc) is 2.39. The van der Waals surface area contributed by atoms with E-state index in [1.165, 1.54) is 0 Å². The van der Waals surface area contributed by atoms with Crippen LogP contribution in [0, 0.1) is 5.92 Å². The maximum Gasteiger partial charge on any atom is 0.329 e. The predicted octanol–water partition coefficient (Wildman–Crippen LogP) is 1.28. The molecule has 0 aromatic heterocycles. The predicted molar refractivity (Wildman–Crippen MR) is 41.0 cm³/mol. The zero-order chi connectivity index (χ0) is 8.48. The van der Waals surface area contributed by atoms with Gasteiger partial charge in [0, 0.05) is 5.92 Å². The molecule has 3 nitrogen and oxygen atoms in total. The summed E-state index contributed by atoms with van der Waals surface area (Å²) in [6.45, 7) is 0.0552. The highest BCUT2D eigenvalue weighted by molar-refractivity contribution is 6.50. The van der Waals surface area contributed by atoms with Crippen LogP contribution in [0.5, 0.6) is 0 Å². The van der Waals surface area contributed by atoms with E-state index in [2.05, 4.69) is 0 Å². The van der Waals surface area contributed by atoms with Crippen LogP contribution in [-0.4, -0.2) is 28.6 Å². The molecule has 0 saturated heterocycles. The molecule has 0 bridgehead atoms. The Kier molecular flexibility index (Phi) is 2.62. The Hall–Kier alpha value is 0.01000. The number of hydrogen-bond donors (Lipinski definition) is 1. The Morgan fingerprint density at radius 2 is 2.27 bits per heavy atom. The molecule has 0 aromatic rings. The lowest BCUT2D eigenvalue weighted by atomic mass is 10.5. The fourth-order valence-electron chi connectivity index (χ4n) is 0.739. The van der Waals surface area contributed by atoms with Crippen LogP contribution >= 0.6 is 23.2 Å². The number of ether oxygens (including phenoxy) is 1. The number of carboxylic acids is 1. The first-order valence-corrected chi connectivity index (χ1v) is 3.95. The number of carboxylic acid groups (broad SMARTS) is 1. The van der Waals surface area contributed by atoms with Crippen molar-refractivity contribution in [1.29, 1.82) is 0 Å². The lowest BCUT2D eigenvalue weighted by Gasteiger charge is -1.99. The number of alkyl halides is 2. The maximum atomic E-state index is 9.97. The lowest BCUT2D eigenvalue weighted by Crippen LogP contribution is -2.10. The van der Waals surface area contributed by atoms with Gasteiger partial charge in [-0.1, -0.05) is 0 Å². The first kappa shape index (κ1) is 9.10. The lowest BCUT2D eigenvalue weighted by molar-refractivity contribution is -0.142. The monoisotopic (exact) mass is 198 g/mol. The van der Waals surface area contributed by atoms with Crippen molar-refractivity contribution in [3.63, 3.8) is 0 Å². The van der Waals surface area contributed by atoms with Gasteiger partial charge in [0.2, 0.25) is 0 Å². The molecule has 64 valence electrons. The van der Waals surface area contributed by atoms with Gasteiger partial charge in [0.15, 0.2) is 0 Å². The van der Waals surface area contributed by atoms with Crippen molar-refractivity contribution in [2.45, 2.75) is 10.8 Å². The normalized spacial score (nSPS) is 26.5. The van der Waals surface area contributed by atoms with E-state index in [1.54, 1.807) is 0 Å². The third kappa shape index (κ3) is 2.85. The second-order valence-corrected chi connectivity index (χ2v) is 4.11. The standard InChI is InChI=1S/C6H8Cl2O3/c7-6(8)1-4(6)2-11-3-5(9)10/h4H,1-3H2,(H,9,10). The van der Waals surface area contributed by atoms with E-state index in [0.717, 1.165) is 0 Å². The van der Waals surface area contributed by atoms with Gasteiger partial charge in [-0.3, -0.25) is 0 Å². The van der Waals surface area contributed by atoms with E-state index in [4.69, 9.17) is 33.0 Å². The quantitative estimate of drug-likeness (QED) is 0.693. The smallest absolute Gasteiger partial charge is 0.329 e. The second kappa shape index (κ2) is 3.17. The molecular weight excluding hydrogens is 191 g/mol. The van der Waals surface area contributed by atoms with Crippen LogP contribution in [0.15, 0.2) is 0 Å². The van der Waals surface area contributed by atoms with Gasteiger partial charge in [0.05, 0.1) is 6.61 Å². The van der Waals surface area contributed by atoms with Crippen molar-refractivity contribution in [3.05, 3.63) is 0 Å². The third-order valence-electron chi connectivity index (χ3n) is 1.50. The maximum absolute atomic E-state index is 9.97. The van der Waals surface area contributed by atoms with Gasteiger partial charge < -0.3 is 9.84 Å². The molecule has 1 saturated carbocycles. The Bertz CT molecular complexity index is 169. The van der Waals surface area contributed by atoms with Gasteiger partial charge in [-0.25, -0.2) is 4.79 Å². The highest BCUT2D eigenvalue weighted by atomic mass is 35.5. The first-order valence-electron chi connectivity index (χ1n) is 3.20. The van der Waals surface area contributed by atoms with Crippen LogP contribution in [0.25, 0.3) is 0 Å². The van der Waals surface area contributed by atoms with Crippen molar-refractivity contribution in [3.8, 4) is 0 Å². The summed E-state index contributed by atoms with van der Waals surface area (Å²) >= 11 is 11.3. The minimum Gasteiger partial charge on any atom is -0.480 e. The summed E-state index contributed by atoms with van der Waals surface area (Å²) < 4.78 is 4.12. The van der Waals surface area contributed by atoms with E-state index in [9.17, 15) is 4.79 Å². The van der Waals surface area contributed by atoms with Crippen LogP contribution < -0.4 is 0 Å². The molecule has 0 spiro atoms. The number of rotatable bonds is 4. The van der Waals surface area contributed by atoms with Gasteiger partial charge in [-0.05, 0) is 6.42 Å². The van der Waals surface area contributed by atoms with Crippen LogP contribution in [0.2, 0.25) is 0 Å². The first-order chi connectivity index (χ1) is 5.02. The highest BCUT2D eigenvalue weighted by Gasteiger charge is 2.51. The molecule has 0 aliphatic heterocycles. The summed E-state index contributed by atoms with van der Waals surface area (Å²) in [5, 5.41) is 8.19. The molecule has 0 heterocycles. The van der Waals surface area contributed by atoms with E-state index in [0.29, 0.717) is 13.0 Å². The summed E-state index contributed by atoms with van der Waals surface area (Å²) in [5.41, 5.74) is 0. The fourth-order valence-corrected chi connectivity index (χ4v) is 1.24. The fraction of sp³-hybridized carbons (Fsp3) is 0.833. The Morgan fingerprint density at radius 1 is 1.73 bits per heavy atom. The zero-order valence-electron chi connectivity index (χ0n) is 5.72. The molecule has 1 aliphatic carbocycles. The molecule has 1 atom stereocenters. The highest BCUT2D eigenvalue weighted by Crippen LogP contribution is 2.53. The van der Waals surface area contributed by atoms with Crippen LogP contribution in [0.4, 0.5) is 0 Å². The largest absolute Gasteiger partial charge is 0.480 e. The van der Waals surface area contributed by atoms with Gasteiger partial charge >= 0.3 is 5.97 Å². The van der Waals surface area contributed by atoms with Gasteiger partial charge in [-0.2, -0.15) is 0 Å². The van der Waals surface area contributed by atoms with E-state index in [1.807, 2.05) is 0 Å². The molecule has 11 heavy (non-hydrogen) atoms. The minimum absolute atomic E-state index is 0.102. The number of aliphatic carboxylic acids is 1. The molecule has 0 radical (unpaired) electrons. The van der Waals surface area contributed by atoms with E-state index < -0.39 is 10.3 Å². The summed E-state index contributed by atoms with van der Waals surface area (Å²) in [5.74, 6) is -0.870. The average molecular weight is 199 g/mol. The Balaban J connectivity index is 2.02. The van der Waals surface area contributed by atoms with Crippen molar-refractivity contribution in [2.75, 3.05) is 13.2 Å². The molecule has 1 fully saturated rings. The molecule has 1 rings (SSSR count). The number of hydrogen-bond acceptors (Lipinski definition) is 2. The summed E-state index contributed by atoms with van der Waals surface area (Å²) in [6.07, 6.45) is 0.690. The van der Waals surface area contributed by atoms with Crippen molar-refractivity contribution >= 4 is 29.2 Å². The molecule has 1 unspecified atom stereocenters. The second-order valence-electron chi connectivity index (χ2n) is 2.57. The summed E-state index contributed by atoms with van der Waals surface area (Å²) in [6, 6.07) is 0. The van der Waals surface area contributed by atoms with Crippen LogP contribution in [-0.2, 0) is 9.53 Å². The van der Waals surface area contributed by atoms with Crippen molar-refractivity contribution < 1.29 is 14.6 Å². The zero-order valence-corrected chi connectivity index (χ0v) is 7.23. The Morgan fingerprint density at radius 3 is 2.64 bits per heavy atom. The number of carbonyl (C=O) groups is 1. The van der Waals surface area contributed by atoms with E-state index >= 15 is 0 Å². The van der Waals surface area contributed by atoms with Crippen molar-refractivity contribution in [1.82, 2.24) is 0 Å². The van der Waals surface area contributed by atoms with Gasteiger partial charge in [0.1, 0.15) is 10.9 Å². The third-order valence-corrected chi connectivity index (χ3v) is 2.43. The number of halogens is 2. The van der Waals surface area contributed by atoms with Crippen LogP contribution in [0.3, 0.4) is 0 Å². The summed E-state index contributed by atoms with van der Waals surface area (Å²) in [7, 11) is 0. The van der Waals surface area contributed by atoms with Crippen molar-refractivity contribution in [2.24, 2.45) is 5.92 Å². The molecular formula is C6H8Cl2O3. The topological polar surface area (TPSA) is 46.5 Å². The SMILES string of the molecule is O=C(O)COCC1CC1(Cl)Cl. The summed E-state index contributed by atoms with van der Waals surface area (Å²) in [4.78, 5) is 9.97. The van der Waals surface area contributed by atoms with E-state index in [-0.39, 0.29) is 12.5 Å². The van der Waals surface area contributed by atoms with Crippen LogP contribution in [0.1, 0.15) is 6.42 Å². The Labute approximate surface area is 74.2 Å². The van der Waals surface area contributed by atoms with Gasteiger partial charge in [-0.15, -0.1) is 23.2 Å². The molecule has 0 amide bonds. The molecule has 0 aromatic carbocycles. The van der Waals surface area contributed by atoms with Gasteiger partial charge in [0.25, 0.3) is 0 Å². The molecule has 1 N–H and O–H groups in total.